The average Bonchev–Trinajstić information content (AvgIpc) is 2.33. The Labute approximate surface area is 112 Å². The summed E-state index contributed by atoms with van der Waals surface area (Å²) in [4.78, 5) is 24.5. The summed E-state index contributed by atoms with van der Waals surface area (Å²) in [6.07, 6.45) is 3.94. The summed E-state index contributed by atoms with van der Waals surface area (Å²) in [6.45, 7) is 2.44. The molecule has 0 bridgehead atoms. The zero-order valence-corrected chi connectivity index (χ0v) is 11.3. The van der Waals surface area contributed by atoms with E-state index in [0.29, 0.717) is 13.1 Å². The number of aliphatic carboxylic acids is 1. The predicted octanol–water partition coefficient (Wildman–Crippen LogP) is 0.206. The molecular formula is C13H22N2O4. The lowest BCUT2D eigenvalue weighted by Gasteiger charge is -2.49. The topological polar surface area (TPSA) is 92.9 Å². The zero-order valence-electron chi connectivity index (χ0n) is 11.3. The lowest BCUT2D eigenvalue weighted by atomic mass is 9.82. The molecule has 2 unspecified atom stereocenters. The third-order valence-corrected chi connectivity index (χ3v) is 4.04. The van der Waals surface area contributed by atoms with Crippen LogP contribution in [0, 0.1) is 5.92 Å². The monoisotopic (exact) mass is 270 g/mol. The van der Waals surface area contributed by atoms with E-state index >= 15 is 0 Å². The van der Waals surface area contributed by atoms with Gasteiger partial charge in [0.15, 0.2) is 0 Å². The van der Waals surface area contributed by atoms with Gasteiger partial charge >= 0.3 is 5.97 Å². The molecule has 1 amide bonds. The highest BCUT2D eigenvalue weighted by Crippen LogP contribution is 2.30. The van der Waals surface area contributed by atoms with Crippen LogP contribution in [-0.4, -0.2) is 53.2 Å². The second-order valence-electron chi connectivity index (χ2n) is 5.88. The van der Waals surface area contributed by atoms with E-state index in [0.717, 1.165) is 25.7 Å². The minimum Gasteiger partial charge on any atom is -0.480 e. The van der Waals surface area contributed by atoms with E-state index in [-0.39, 0.29) is 24.5 Å². The quantitative estimate of drug-likeness (QED) is 0.761. The van der Waals surface area contributed by atoms with Gasteiger partial charge in [-0.2, -0.15) is 0 Å². The minimum absolute atomic E-state index is 0.0342. The van der Waals surface area contributed by atoms with E-state index in [1.54, 1.807) is 4.90 Å². The van der Waals surface area contributed by atoms with Crippen LogP contribution < -0.4 is 5.73 Å². The Hall–Kier alpha value is -1.14. The van der Waals surface area contributed by atoms with E-state index in [1.807, 2.05) is 6.92 Å². The highest BCUT2D eigenvalue weighted by atomic mass is 16.5. The molecule has 0 aromatic carbocycles. The molecule has 1 saturated carbocycles. The third-order valence-electron chi connectivity index (χ3n) is 4.04. The molecule has 0 spiro atoms. The fraction of sp³-hybridized carbons (Fsp3) is 0.846. The molecule has 0 radical (unpaired) electrons. The standard InChI is InChI=1S/C13H22N2O4/c1-13(19-6-11(16)17)7-15(8-13)12(18)9-4-2-3-5-10(9)14/h9-10H,2-8,14H2,1H3,(H,16,17). The summed E-state index contributed by atoms with van der Waals surface area (Å²) in [5.41, 5.74) is 5.49. The SMILES string of the molecule is CC1(OCC(=O)O)CN(C(=O)C2CCCCC2N)C1. The number of carboxylic acids is 1. The molecule has 2 fully saturated rings. The molecule has 6 nitrogen and oxygen atoms in total. The lowest BCUT2D eigenvalue weighted by molar-refractivity contribution is -0.176. The largest absolute Gasteiger partial charge is 0.480 e. The van der Waals surface area contributed by atoms with Crippen molar-refractivity contribution in [2.45, 2.75) is 44.2 Å². The number of rotatable bonds is 4. The summed E-state index contributed by atoms with van der Waals surface area (Å²) < 4.78 is 5.30. The molecule has 1 heterocycles. The molecule has 2 rings (SSSR count). The van der Waals surface area contributed by atoms with Gasteiger partial charge in [0, 0.05) is 6.04 Å². The lowest BCUT2D eigenvalue weighted by Crippen LogP contribution is -2.65. The first kappa shape index (κ1) is 14.3. The second kappa shape index (κ2) is 5.46. The summed E-state index contributed by atoms with van der Waals surface area (Å²) in [7, 11) is 0. The van der Waals surface area contributed by atoms with Crippen LogP contribution in [0.4, 0.5) is 0 Å². The van der Waals surface area contributed by atoms with Crippen molar-refractivity contribution in [3.8, 4) is 0 Å². The van der Waals surface area contributed by atoms with Gasteiger partial charge in [0.1, 0.15) is 12.2 Å². The Morgan fingerprint density at radius 1 is 1.37 bits per heavy atom. The van der Waals surface area contributed by atoms with Crippen molar-refractivity contribution >= 4 is 11.9 Å². The summed E-state index contributed by atoms with van der Waals surface area (Å²) >= 11 is 0. The van der Waals surface area contributed by atoms with Crippen molar-refractivity contribution in [3.05, 3.63) is 0 Å². The van der Waals surface area contributed by atoms with E-state index in [9.17, 15) is 9.59 Å². The number of amides is 1. The highest BCUT2D eigenvalue weighted by molar-refractivity contribution is 5.80. The Balaban J connectivity index is 1.82. The number of hydrogen-bond donors (Lipinski definition) is 2. The van der Waals surface area contributed by atoms with Crippen molar-refractivity contribution in [1.29, 1.82) is 0 Å². The highest BCUT2D eigenvalue weighted by Gasteiger charge is 2.45. The van der Waals surface area contributed by atoms with Crippen LogP contribution in [0.25, 0.3) is 0 Å². The van der Waals surface area contributed by atoms with Gasteiger partial charge in [-0.1, -0.05) is 12.8 Å². The van der Waals surface area contributed by atoms with Crippen molar-refractivity contribution in [2.24, 2.45) is 11.7 Å². The molecule has 0 aromatic heterocycles. The second-order valence-corrected chi connectivity index (χ2v) is 5.88. The van der Waals surface area contributed by atoms with Crippen LogP contribution in [0.5, 0.6) is 0 Å². The molecule has 1 aliphatic heterocycles. The fourth-order valence-electron chi connectivity index (χ4n) is 2.94. The Kier molecular flexibility index (Phi) is 4.10. The van der Waals surface area contributed by atoms with Crippen molar-refractivity contribution < 1.29 is 19.4 Å². The number of hydrogen-bond acceptors (Lipinski definition) is 4. The van der Waals surface area contributed by atoms with Gasteiger partial charge in [-0.3, -0.25) is 4.79 Å². The number of carbonyl (C=O) groups excluding carboxylic acids is 1. The summed E-state index contributed by atoms with van der Waals surface area (Å²) in [6, 6.07) is -0.0342. The molecule has 108 valence electrons. The first-order valence-corrected chi connectivity index (χ1v) is 6.81. The number of carboxylic acid groups (broad SMARTS) is 1. The Morgan fingerprint density at radius 2 is 2.00 bits per heavy atom. The maximum Gasteiger partial charge on any atom is 0.329 e. The molecule has 2 aliphatic rings. The fourth-order valence-corrected chi connectivity index (χ4v) is 2.94. The molecule has 19 heavy (non-hydrogen) atoms. The van der Waals surface area contributed by atoms with Crippen LogP contribution in [0.2, 0.25) is 0 Å². The molecule has 1 saturated heterocycles. The van der Waals surface area contributed by atoms with Crippen LogP contribution in [-0.2, 0) is 14.3 Å². The van der Waals surface area contributed by atoms with Gasteiger partial charge in [0.2, 0.25) is 5.91 Å². The molecular weight excluding hydrogens is 248 g/mol. The van der Waals surface area contributed by atoms with Crippen LogP contribution >= 0.6 is 0 Å². The van der Waals surface area contributed by atoms with Gasteiger partial charge in [-0.15, -0.1) is 0 Å². The van der Waals surface area contributed by atoms with Gasteiger partial charge in [0.05, 0.1) is 19.0 Å². The minimum atomic E-state index is -0.986. The number of ether oxygens (including phenoxy) is 1. The van der Waals surface area contributed by atoms with Crippen molar-refractivity contribution in [2.75, 3.05) is 19.7 Å². The smallest absolute Gasteiger partial charge is 0.329 e. The number of carbonyl (C=O) groups is 2. The van der Waals surface area contributed by atoms with E-state index < -0.39 is 11.6 Å². The maximum absolute atomic E-state index is 12.3. The van der Waals surface area contributed by atoms with Gasteiger partial charge < -0.3 is 20.5 Å². The first-order valence-electron chi connectivity index (χ1n) is 6.81. The van der Waals surface area contributed by atoms with E-state index in [4.69, 9.17) is 15.6 Å². The number of nitrogens with zero attached hydrogens (tertiary/aromatic N) is 1. The third kappa shape index (κ3) is 3.25. The Morgan fingerprint density at radius 3 is 2.58 bits per heavy atom. The molecule has 6 heteroatoms. The van der Waals surface area contributed by atoms with Crippen LogP contribution in [0.15, 0.2) is 0 Å². The van der Waals surface area contributed by atoms with E-state index in [2.05, 4.69) is 0 Å². The predicted molar refractivity (Wildman–Crippen MR) is 68.5 cm³/mol. The van der Waals surface area contributed by atoms with Gasteiger partial charge in [0.25, 0.3) is 0 Å². The zero-order chi connectivity index (χ0) is 14.0. The van der Waals surface area contributed by atoms with Gasteiger partial charge in [-0.05, 0) is 19.8 Å². The van der Waals surface area contributed by atoms with Crippen LogP contribution in [0.1, 0.15) is 32.6 Å². The van der Waals surface area contributed by atoms with Crippen LogP contribution in [0.3, 0.4) is 0 Å². The molecule has 3 N–H and O–H groups in total. The normalized spacial score (nSPS) is 29.7. The number of nitrogens with two attached hydrogens (primary N) is 1. The molecule has 0 aromatic rings. The summed E-state index contributed by atoms with van der Waals surface area (Å²) in [5, 5.41) is 8.59. The summed E-state index contributed by atoms with van der Waals surface area (Å²) in [5.74, 6) is -0.957. The molecule has 2 atom stereocenters. The van der Waals surface area contributed by atoms with Gasteiger partial charge in [-0.25, -0.2) is 4.79 Å². The number of likely N-dealkylation sites (tertiary alicyclic amines) is 1. The van der Waals surface area contributed by atoms with Crippen molar-refractivity contribution in [3.63, 3.8) is 0 Å². The van der Waals surface area contributed by atoms with E-state index in [1.165, 1.54) is 0 Å². The average molecular weight is 270 g/mol. The van der Waals surface area contributed by atoms with Crippen molar-refractivity contribution in [1.82, 2.24) is 4.90 Å². The Bertz CT molecular complexity index is 366. The first-order chi connectivity index (χ1) is 8.91. The molecule has 1 aliphatic carbocycles. The maximum atomic E-state index is 12.3.